The Bertz CT molecular complexity index is 447. The van der Waals surface area contributed by atoms with Crippen LogP contribution in [0, 0.1) is 16.7 Å². The van der Waals surface area contributed by atoms with Crippen LogP contribution in [0.5, 0.6) is 0 Å². The predicted octanol–water partition coefficient (Wildman–Crippen LogP) is 1.77. The highest BCUT2D eigenvalue weighted by Gasteiger charge is 2.41. The summed E-state index contributed by atoms with van der Waals surface area (Å²) in [7, 11) is 0. The average Bonchev–Trinajstić information content (AvgIpc) is 2.28. The molecular formula is C12H11NO2. The van der Waals surface area contributed by atoms with Gasteiger partial charge in [-0.05, 0) is 24.0 Å². The molecule has 0 fully saturated rings. The van der Waals surface area contributed by atoms with Crippen molar-refractivity contribution in [1.82, 2.24) is 0 Å². The Morgan fingerprint density at radius 3 is 2.67 bits per heavy atom. The van der Waals surface area contributed by atoms with Crippen LogP contribution in [0.4, 0.5) is 0 Å². The van der Waals surface area contributed by atoms with Crippen LogP contribution < -0.4 is 0 Å². The van der Waals surface area contributed by atoms with E-state index in [0.29, 0.717) is 19.3 Å². The van der Waals surface area contributed by atoms with Crippen LogP contribution in [0.1, 0.15) is 17.5 Å². The molecule has 1 aliphatic carbocycles. The molecule has 15 heavy (non-hydrogen) atoms. The van der Waals surface area contributed by atoms with Gasteiger partial charge in [-0.2, -0.15) is 5.26 Å². The van der Waals surface area contributed by atoms with Gasteiger partial charge < -0.3 is 5.11 Å². The lowest BCUT2D eigenvalue weighted by atomic mass is 9.72. The van der Waals surface area contributed by atoms with Gasteiger partial charge in [0.05, 0.1) is 6.07 Å². The number of benzene rings is 1. The molecule has 3 nitrogen and oxygen atoms in total. The first-order valence-corrected chi connectivity index (χ1v) is 4.89. The lowest BCUT2D eigenvalue weighted by Crippen LogP contribution is -2.35. The van der Waals surface area contributed by atoms with Crippen molar-refractivity contribution in [2.75, 3.05) is 0 Å². The Labute approximate surface area is 88.0 Å². The maximum atomic E-state index is 11.1. The van der Waals surface area contributed by atoms with Crippen LogP contribution in [0.25, 0.3) is 0 Å². The molecule has 0 radical (unpaired) electrons. The Morgan fingerprint density at radius 2 is 2.07 bits per heavy atom. The van der Waals surface area contributed by atoms with Crippen LogP contribution in [0.15, 0.2) is 24.3 Å². The Kier molecular flexibility index (Phi) is 2.20. The number of aliphatic carboxylic acids is 1. The number of aryl methyl sites for hydroxylation is 1. The maximum Gasteiger partial charge on any atom is 0.324 e. The SMILES string of the molecule is N#C[C@]1(C(=O)O)CCc2ccccc2C1. The van der Waals surface area contributed by atoms with E-state index in [0.717, 1.165) is 5.56 Å². The third-order valence-electron chi connectivity index (χ3n) is 3.06. The van der Waals surface area contributed by atoms with Gasteiger partial charge in [0.1, 0.15) is 0 Å². The summed E-state index contributed by atoms with van der Waals surface area (Å²) in [5.74, 6) is -1.00. The zero-order valence-corrected chi connectivity index (χ0v) is 8.23. The van der Waals surface area contributed by atoms with E-state index in [1.807, 2.05) is 30.3 Å². The molecule has 1 aliphatic rings. The Balaban J connectivity index is 2.40. The lowest BCUT2D eigenvalue weighted by molar-refractivity contribution is -0.146. The van der Waals surface area contributed by atoms with Crippen molar-refractivity contribution in [2.24, 2.45) is 5.41 Å². The van der Waals surface area contributed by atoms with Gasteiger partial charge >= 0.3 is 5.97 Å². The third kappa shape index (κ3) is 1.48. The van der Waals surface area contributed by atoms with Crippen molar-refractivity contribution in [3.05, 3.63) is 35.4 Å². The van der Waals surface area contributed by atoms with E-state index in [2.05, 4.69) is 0 Å². The molecule has 3 heteroatoms. The predicted molar refractivity (Wildman–Crippen MR) is 54.1 cm³/mol. The van der Waals surface area contributed by atoms with Crippen molar-refractivity contribution in [2.45, 2.75) is 19.3 Å². The number of nitrogens with zero attached hydrogens (tertiary/aromatic N) is 1. The highest BCUT2D eigenvalue weighted by molar-refractivity contribution is 5.79. The maximum absolute atomic E-state index is 11.1. The molecule has 0 heterocycles. The smallest absolute Gasteiger partial charge is 0.324 e. The normalized spacial score (nSPS) is 23.9. The number of hydrogen-bond donors (Lipinski definition) is 1. The fourth-order valence-electron chi connectivity index (χ4n) is 2.06. The van der Waals surface area contributed by atoms with Gasteiger partial charge in [-0.25, -0.2) is 0 Å². The van der Waals surface area contributed by atoms with Gasteiger partial charge in [-0.15, -0.1) is 0 Å². The summed E-state index contributed by atoms with van der Waals surface area (Å²) in [4.78, 5) is 11.1. The number of hydrogen-bond acceptors (Lipinski definition) is 2. The zero-order chi connectivity index (χ0) is 10.9. The van der Waals surface area contributed by atoms with Crippen LogP contribution >= 0.6 is 0 Å². The molecule has 0 aliphatic heterocycles. The van der Waals surface area contributed by atoms with E-state index >= 15 is 0 Å². The topological polar surface area (TPSA) is 61.1 Å². The lowest BCUT2D eigenvalue weighted by Gasteiger charge is -2.28. The summed E-state index contributed by atoms with van der Waals surface area (Å²) in [6.45, 7) is 0. The minimum atomic E-state index is -1.21. The van der Waals surface area contributed by atoms with Gasteiger partial charge in [0.15, 0.2) is 5.41 Å². The Hall–Kier alpha value is -1.82. The van der Waals surface area contributed by atoms with E-state index in [1.54, 1.807) is 0 Å². The summed E-state index contributed by atoms with van der Waals surface area (Å²) in [5, 5.41) is 18.1. The van der Waals surface area contributed by atoms with Crippen molar-refractivity contribution >= 4 is 5.97 Å². The summed E-state index contributed by atoms with van der Waals surface area (Å²) >= 11 is 0. The standard InChI is InChI=1S/C12H11NO2/c13-8-12(11(14)15)6-5-9-3-1-2-4-10(9)7-12/h1-4H,5-7H2,(H,14,15)/t12-/m0/s1. The van der Waals surface area contributed by atoms with Gasteiger partial charge in [0.25, 0.3) is 0 Å². The monoisotopic (exact) mass is 201 g/mol. The molecule has 1 atom stereocenters. The summed E-state index contributed by atoms with van der Waals surface area (Å²) < 4.78 is 0. The van der Waals surface area contributed by atoms with Gasteiger partial charge in [0, 0.05) is 6.42 Å². The van der Waals surface area contributed by atoms with Crippen molar-refractivity contribution in [3.63, 3.8) is 0 Å². The average molecular weight is 201 g/mol. The van der Waals surface area contributed by atoms with Crippen molar-refractivity contribution < 1.29 is 9.90 Å². The molecule has 0 saturated heterocycles. The van der Waals surface area contributed by atoms with E-state index in [-0.39, 0.29) is 0 Å². The number of carboxylic acids is 1. The summed E-state index contributed by atoms with van der Waals surface area (Å²) in [6.07, 6.45) is 1.42. The van der Waals surface area contributed by atoms with E-state index < -0.39 is 11.4 Å². The molecule has 0 aromatic heterocycles. The molecule has 0 bridgehead atoms. The van der Waals surface area contributed by atoms with Crippen LogP contribution in [-0.4, -0.2) is 11.1 Å². The number of fused-ring (bicyclic) bond motifs is 1. The quantitative estimate of drug-likeness (QED) is 0.753. The number of nitriles is 1. The number of carbonyl (C=O) groups is 1. The van der Waals surface area contributed by atoms with E-state index in [9.17, 15) is 4.79 Å². The second-order valence-corrected chi connectivity index (χ2v) is 3.94. The van der Waals surface area contributed by atoms with E-state index in [1.165, 1.54) is 5.56 Å². The zero-order valence-electron chi connectivity index (χ0n) is 8.23. The molecule has 1 N–H and O–H groups in total. The minimum absolute atomic E-state index is 0.328. The summed E-state index contributed by atoms with van der Waals surface area (Å²) in [6, 6.07) is 9.69. The molecule has 0 spiro atoms. The first kappa shape index (κ1) is 9.72. The van der Waals surface area contributed by atoms with Crippen LogP contribution in [-0.2, 0) is 17.6 Å². The molecule has 1 aromatic carbocycles. The fraction of sp³-hybridized carbons (Fsp3) is 0.333. The van der Waals surface area contributed by atoms with Gasteiger partial charge in [0.2, 0.25) is 0 Å². The molecule has 1 aromatic rings. The summed E-state index contributed by atoms with van der Waals surface area (Å²) in [5.41, 5.74) is 0.950. The molecule has 0 amide bonds. The second kappa shape index (κ2) is 3.39. The molecular weight excluding hydrogens is 190 g/mol. The number of carboxylic acid groups (broad SMARTS) is 1. The first-order valence-electron chi connectivity index (χ1n) is 4.89. The van der Waals surface area contributed by atoms with Crippen molar-refractivity contribution in [1.29, 1.82) is 5.26 Å². The minimum Gasteiger partial charge on any atom is -0.480 e. The first-order chi connectivity index (χ1) is 7.18. The Morgan fingerprint density at radius 1 is 1.40 bits per heavy atom. The van der Waals surface area contributed by atoms with Crippen LogP contribution in [0.3, 0.4) is 0 Å². The fourth-order valence-corrected chi connectivity index (χ4v) is 2.06. The van der Waals surface area contributed by atoms with E-state index in [4.69, 9.17) is 10.4 Å². The molecule has 2 rings (SSSR count). The molecule has 76 valence electrons. The van der Waals surface area contributed by atoms with Crippen LogP contribution in [0.2, 0.25) is 0 Å². The second-order valence-electron chi connectivity index (χ2n) is 3.94. The largest absolute Gasteiger partial charge is 0.480 e. The number of rotatable bonds is 1. The highest BCUT2D eigenvalue weighted by Crippen LogP contribution is 2.35. The molecule has 0 unspecified atom stereocenters. The van der Waals surface area contributed by atoms with Crippen molar-refractivity contribution in [3.8, 4) is 6.07 Å². The van der Waals surface area contributed by atoms with Gasteiger partial charge in [-0.3, -0.25) is 4.79 Å². The van der Waals surface area contributed by atoms with Gasteiger partial charge in [-0.1, -0.05) is 24.3 Å². The third-order valence-corrected chi connectivity index (χ3v) is 3.06. The molecule has 0 saturated carbocycles. The highest BCUT2D eigenvalue weighted by atomic mass is 16.4.